The smallest absolute Gasteiger partial charge is 0.165 e. The van der Waals surface area contributed by atoms with Gasteiger partial charge in [-0.1, -0.05) is 13.3 Å². The minimum absolute atomic E-state index is 0.152. The van der Waals surface area contributed by atoms with E-state index in [-0.39, 0.29) is 11.6 Å². The molecule has 0 amide bonds. The number of hydrogen-bond acceptors (Lipinski definition) is 3. The summed E-state index contributed by atoms with van der Waals surface area (Å²) in [6.45, 7) is 3.53. The van der Waals surface area contributed by atoms with Gasteiger partial charge in [0.1, 0.15) is 12.4 Å². The van der Waals surface area contributed by atoms with Crippen LogP contribution in [0, 0.1) is 11.2 Å². The molecule has 5 heteroatoms. The summed E-state index contributed by atoms with van der Waals surface area (Å²) in [5.41, 5.74) is 5.60. The van der Waals surface area contributed by atoms with Crippen molar-refractivity contribution in [2.75, 3.05) is 19.8 Å². The maximum absolute atomic E-state index is 13.5. The second-order valence-corrected chi connectivity index (χ2v) is 3.87. The van der Waals surface area contributed by atoms with Gasteiger partial charge in [0.05, 0.1) is 6.61 Å². The molecule has 0 saturated carbocycles. The van der Waals surface area contributed by atoms with Gasteiger partial charge in [-0.2, -0.15) is 0 Å². The zero-order valence-corrected chi connectivity index (χ0v) is 10.5. The summed E-state index contributed by atoms with van der Waals surface area (Å²) in [7, 11) is 0. The number of nitrogens with two attached hydrogens (primary N) is 1. The van der Waals surface area contributed by atoms with Crippen molar-refractivity contribution in [1.29, 1.82) is 5.41 Å². The summed E-state index contributed by atoms with van der Waals surface area (Å²) >= 11 is 0. The Kier molecular flexibility index (Phi) is 6.14. The van der Waals surface area contributed by atoms with Crippen LogP contribution in [0.1, 0.15) is 25.3 Å². The molecule has 1 aromatic carbocycles. The van der Waals surface area contributed by atoms with Crippen molar-refractivity contribution in [2.24, 2.45) is 5.73 Å². The van der Waals surface area contributed by atoms with Crippen LogP contribution in [-0.4, -0.2) is 25.7 Å². The van der Waals surface area contributed by atoms with Gasteiger partial charge in [0.15, 0.2) is 11.6 Å². The van der Waals surface area contributed by atoms with Gasteiger partial charge in [0.2, 0.25) is 0 Å². The summed E-state index contributed by atoms with van der Waals surface area (Å²) in [6, 6.07) is 4.21. The lowest BCUT2D eigenvalue weighted by Crippen LogP contribution is -2.12. The van der Waals surface area contributed by atoms with Crippen molar-refractivity contribution in [3.05, 3.63) is 29.6 Å². The van der Waals surface area contributed by atoms with Gasteiger partial charge in [0, 0.05) is 12.2 Å². The number of hydrogen-bond donors (Lipinski definition) is 2. The second kappa shape index (κ2) is 7.66. The highest BCUT2D eigenvalue weighted by Crippen LogP contribution is 2.17. The molecule has 0 aliphatic carbocycles. The van der Waals surface area contributed by atoms with Gasteiger partial charge < -0.3 is 15.2 Å². The van der Waals surface area contributed by atoms with Crippen molar-refractivity contribution in [3.63, 3.8) is 0 Å². The van der Waals surface area contributed by atoms with E-state index in [1.807, 2.05) is 0 Å². The van der Waals surface area contributed by atoms with Crippen LogP contribution in [0.5, 0.6) is 5.75 Å². The quantitative estimate of drug-likeness (QED) is 0.425. The Hall–Kier alpha value is -1.62. The summed E-state index contributed by atoms with van der Waals surface area (Å²) in [6.07, 6.45) is 2.10. The zero-order chi connectivity index (χ0) is 13.4. The van der Waals surface area contributed by atoms with Crippen LogP contribution < -0.4 is 10.5 Å². The van der Waals surface area contributed by atoms with Crippen molar-refractivity contribution in [1.82, 2.24) is 0 Å². The molecular weight excluding hydrogens is 235 g/mol. The molecule has 1 rings (SSSR count). The molecule has 0 spiro atoms. The van der Waals surface area contributed by atoms with E-state index in [2.05, 4.69) is 6.92 Å². The highest BCUT2D eigenvalue weighted by atomic mass is 19.1. The molecule has 0 atom stereocenters. The van der Waals surface area contributed by atoms with Gasteiger partial charge in [-0.25, -0.2) is 4.39 Å². The molecule has 0 saturated heterocycles. The normalized spacial score (nSPS) is 10.3. The molecule has 0 aliphatic heterocycles. The molecule has 18 heavy (non-hydrogen) atoms. The predicted molar refractivity (Wildman–Crippen MR) is 68.6 cm³/mol. The molecular formula is C13H19FN2O2. The standard InChI is InChI=1S/C13H19FN2O2/c1-2-3-6-17-7-8-18-12-5-4-10(13(15)16)9-11(12)14/h4-5,9H,2-3,6-8H2,1H3,(H3,15,16). The van der Waals surface area contributed by atoms with Gasteiger partial charge in [0.25, 0.3) is 0 Å². The number of benzene rings is 1. The lowest BCUT2D eigenvalue weighted by Gasteiger charge is -2.08. The number of amidine groups is 1. The maximum Gasteiger partial charge on any atom is 0.165 e. The predicted octanol–water partition coefficient (Wildman–Crippen LogP) is 2.31. The fourth-order valence-corrected chi connectivity index (χ4v) is 1.34. The monoisotopic (exact) mass is 254 g/mol. The molecule has 100 valence electrons. The first-order chi connectivity index (χ1) is 8.65. The highest BCUT2D eigenvalue weighted by molar-refractivity contribution is 5.95. The van der Waals surface area contributed by atoms with E-state index in [1.165, 1.54) is 12.1 Å². The fourth-order valence-electron chi connectivity index (χ4n) is 1.34. The average Bonchev–Trinajstić information content (AvgIpc) is 2.35. The summed E-state index contributed by atoms with van der Waals surface area (Å²) in [4.78, 5) is 0. The van der Waals surface area contributed by atoms with Crippen molar-refractivity contribution in [3.8, 4) is 5.75 Å². The molecule has 0 aromatic heterocycles. The molecule has 0 aliphatic rings. The van der Waals surface area contributed by atoms with E-state index >= 15 is 0 Å². The number of rotatable bonds is 8. The van der Waals surface area contributed by atoms with E-state index in [0.717, 1.165) is 12.8 Å². The molecule has 1 aromatic rings. The zero-order valence-electron chi connectivity index (χ0n) is 10.5. The average molecular weight is 254 g/mol. The molecule has 0 fully saturated rings. The molecule has 0 heterocycles. The first-order valence-corrected chi connectivity index (χ1v) is 5.99. The summed E-state index contributed by atoms with van der Waals surface area (Å²) in [5.74, 6) is -0.529. The molecule has 4 nitrogen and oxygen atoms in total. The van der Waals surface area contributed by atoms with Crippen LogP contribution in [0.25, 0.3) is 0 Å². The second-order valence-electron chi connectivity index (χ2n) is 3.87. The summed E-state index contributed by atoms with van der Waals surface area (Å²) < 4.78 is 24.1. The maximum atomic E-state index is 13.5. The van der Waals surface area contributed by atoms with E-state index in [1.54, 1.807) is 6.07 Å². The van der Waals surface area contributed by atoms with E-state index in [0.29, 0.717) is 25.4 Å². The Morgan fingerprint density at radius 3 is 2.72 bits per heavy atom. The molecule has 0 bridgehead atoms. The third-order valence-corrected chi connectivity index (χ3v) is 2.37. The van der Waals surface area contributed by atoms with Gasteiger partial charge in [-0.3, -0.25) is 5.41 Å². The molecule has 0 radical (unpaired) electrons. The highest BCUT2D eigenvalue weighted by Gasteiger charge is 2.06. The van der Waals surface area contributed by atoms with Crippen LogP contribution in [0.3, 0.4) is 0 Å². The lowest BCUT2D eigenvalue weighted by atomic mass is 10.2. The first kappa shape index (κ1) is 14.4. The minimum Gasteiger partial charge on any atom is -0.488 e. The van der Waals surface area contributed by atoms with E-state index in [4.69, 9.17) is 20.6 Å². The van der Waals surface area contributed by atoms with Crippen LogP contribution >= 0.6 is 0 Å². The molecule has 3 N–H and O–H groups in total. The third kappa shape index (κ3) is 4.71. The topological polar surface area (TPSA) is 68.3 Å². The van der Waals surface area contributed by atoms with Gasteiger partial charge in [-0.15, -0.1) is 0 Å². The Morgan fingerprint density at radius 1 is 1.33 bits per heavy atom. The van der Waals surface area contributed by atoms with Crippen LogP contribution in [0.4, 0.5) is 4.39 Å². The first-order valence-electron chi connectivity index (χ1n) is 5.99. The van der Waals surface area contributed by atoms with Crippen LogP contribution in [0.2, 0.25) is 0 Å². The summed E-state index contributed by atoms with van der Waals surface area (Å²) in [5, 5.41) is 7.19. The molecule has 0 unspecified atom stereocenters. The number of nitrogens with one attached hydrogen (secondary N) is 1. The van der Waals surface area contributed by atoms with Gasteiger partial charge in [-0.05, 0) is 24.6 Å². The van der Waals surface area contributed by atoms with Crippen molar-refractivity contribution < 1.29 is 13.9 Å². The Balaban J connectivity index is 2.36. The third-order valence-electron chi connectivity index (χ3n) is 2.37. The fraction of sp³-hybridized carbons (Fsp3) is 0.462. The van der Waals surface area contributed by atoms with Gasteiger partial charge >= 0.3 is 0 Å². The number of halogens is 1. The van der Waals surface area contributed by atoms with E-state index in [9.17, 15) is 4.39 Å². The number of unbranched alkanes of at least 4 members (excludes halogenated alkanes) is 1. The lowest BCUT2D eigenvalue weighted by molar-refractivity contribution is 0.0967. The largest absolute Gasteiger partial charge is 0.488 e. The number of ether oxygens (including phenoxy) is 2. The van der Waals surface area contributed by atoms with Crippen LogP contribution in [0.15, 0.2) is 18.2 Å². The Bertz CT molecular complexity index is 397. The van der Waals surface area contributed by atoms with Crippen molar-refractivity contribution >= 4 is 5.84 Å². The SMILES string of the molecule is CCCCOCCOc1ccc(C(=N)N)cc1F. The van der Waals surface area contributed by atoms with Crippen LogP contribution in [-0.2, 0) is 4.74 Å². The number of nitrogen functional groups attached to an aromatic ring is 1. The minimum atomic E-state index is -0.517. The Morgan fingerprint density at radius 2 is 2.11 bits per heavy atom. The van der Waals surface area contributed by atoms with Crippen molar-refractivity contribution in [2.45, 2.75) is 19.8 Å². The Labute approximate surface area is 106 Å². The van der Waals surface area contributed by atoms with E-state index < -0.39 is 5.82 Å².